The van der Waals surface area contributed by atoms with Crippen molar-refractivity contribution in [1.29, 1.82) is 0 Å². The van der Waals surface area contributed by atoms with E-state index in [0.29, 0.717) is 0 Å². The summed E-state index contributed by atoms with van der Waals surface area (Å²) in [5.74, 6) is -0.400. The summed E-state index contributed by atoms with van der Waals surface area (Å²) in [6.07, 6.45) is 2.01. The van der Waals surface area contributed by atoms with Gasteiger partial charge in [-0.2, -0.15) is 0 Å². The number of thioether (sulfide) groups is 1. The van der Waals surface area contributed by atoms with E-state index in [1.807, 2.05) is 32.4 Å². The quantitative estimate of drug-likeness (QED) is 0.555. The van der Waals surface area contributed by atoms with Crippen LogP contribution in [0.25, 0.3) is 0 Å². The lowest BCUT2D eigenvalue weighted by atomic mass is 10.1. The average molecular weight is 131 g/mol. The number of rotatable bonds is 2. The maximum atomic E-state index is 7.56. The molecule has 0 unspecified atom stereocenters. The molecule has 0 amide bonds. The summed E-state index contributed by atoms with van der Waals surface area (Å²) < 4.78 is 7.56. The van der Waals surface area contributed by atoms with Gasteiger partial charge in [-0.3, -0.25) is 0 Å². The summed E-state index contributed by atoms with van der Waals surface area (Å²) >= 11 is 1.65. The van der Waals surface area contributed by atoms with Crippen LogP contribution in [0.1, 0.15) is 22.1 Å². The highest BCUT2D eigenvalue weighted by atomic mass is 32.2. The number of hydrogen-bond donors (Lipinski definition) is 0. The van der Waals surface area contributed by atoms with E-state index >= 15 is 0 Å². The van der Waals surface area contributed by atoms with E-state index in [4.69, 9.17) is 1.37 Å². The van der Waals surface area contributed by atoms with E-state index in [9.17, 15) is 0 Å². The highest BCUT2D eigenvalue weighted by Crippen LogP contribution is 2.11. The third-order valence-corrected chi connectivity index (χ3v) is 1.67. The highest BCUT2D eigenvalue weighted by Gasteiger charge is 1.92. The smallest absolute Gasteiger partial charge is 0.0343 e. The van der Waals surface area contributed by atoms with Crippen LogP contribution in [0, 0.1) is 5.89 Å². The van der Waals surface area contributed by atoms with E-state index in [1.165, 1.54) is 0 Å². The number of allylic oxidation sites excluding steroid dienone is 1. The summed E-state index contributed by atoms with van der Waals surface area (Å²) in [6, 6.07) is 0. The molecule has 0 atom stereocenters. The Labute approximate surface area is 57.8 Å². The van der Waals surface area contributed by atoms with Crippen molar-refractivity contribution in [3.63, 3.8) is 0 Å². The summed E-state index contributed by atoms with van der Waals surface area (Å²) in [7, 11) is 0. The zero-order chi connectivity index (χ0) is 7.49. The molecular formula is C7H14S. The molecule has 1 heteroatoms. The monoisotopic (exact) mass is 131 g/mol. The second-order valence-electron chi connectivity index (χ2n) is 2.04. The fourth-order valence-corrected chi connectivity index (χ4v) is 0.884. The van der Waals surface area contributed by atoms with Crippen LogP contribution in [-0.4, -0.2) is 6.26 Å². The molecule has 0 fully saturated rings. The summed E-state index contributed by atoms with van der Waals surface area (Å²) in [5.41, 5.74) is 1.12. The molecule has 0 saturated carbocycles. The van der Waals surface area contributed by atoms with Crippen molar-refractivity contribution in [2.45, 2.75) is 20.8 Å². The molecular weight excluding hydrogens is 116 g/mol. The van der Waals surface area contributed by atoms with Crippen molar-refractivity contribution < 1.29 is 1.37 Å². The van der Waals surface area contributed by atoms with Gasteiger partial charge < -0.3 is 0 Å². The second kappa shape index (κ2) is 4.02. The van der Waals surface area contributed by atoms with Crippen molar-refractivity contribution in [1.82, 2.24) is 0 Å². The molecule has 0 nitrogen and oxygen atoms in total. The first-order valence-electron chi connectivity index (χ1n) is 3.18. The lowest BCUT2D eigenvalue weighted by Crippen LogP contribution is -1.85. The molecule has 0 rings (SSSR count). The van der Waals surface area contributed by atoms with Gasteiger partial charge in [-0.1, -0.05) is 19.4 Å². The van der Waals surface area contributed by atoms with Gasteiger partial charge in [-0.05, 0) is 24.5 Å². The Kier molecular flexibility index (Phi) is 3.12. The lowest BCUT2D eigenvalue weighted by Gasteiger charge is -2.01. The molecule has 0 aromatic carbocycles. The Morgan fingerprint density at radius 1 is 1.75 bits per heavy atom. The molecule has 0 N–H and O–H groups in total. The fourth-order valence-electron chi connectivity index (χ4n) is 0.295. The minimum Gasteiger partial charge on any atom is -0.138 e. The van der Waals surface area contributed by atoms with E-state index in [-0.39, 0.29) is 0 Å². The van der Waals surface area contributed by atoms with Gasteiger partial charge in [0, 0.05) is 1.37 Å². The standard InChI is InChI=1S/C7H14S/c1-6(2)7(3)5-8-4/h5-6H,1-4H3/b7-5+/i6D. The molecule has 0 aliphatic rings. The van der Waals surface area contributed by atoms with Gasteiger partial charge in [-0.25, -0.2) is 0 Å². The van der Waals surface area contributed by atoms with Crippen LogP contribution in [0.4, 0.5) is 0 Å². The maximum absolute atomic E-state index is 7.56. The Morgan fingerprint density at radius 3 is 2.38 bits per heavy atom. The minimum absolute atomic E-state index is 0.400. The topological polar surface area (TPSA) is 0 Å². The van der Waals surface area contributed by atoms with E-state index in [0.717, 1.165) is 5.57 Å². The SMILES string of the molecule is [2H]C(C)(C)/C(C)=C/SC. The molecule has 0 aromatic heterocycles. The van der Waals surface area contributed by atoms with Gasteiger partial charge in [0.2, 0.25) is 0 Å². The molecule has 0 aliphatic heterocycles. The van der Waals surface area contributed by atoms with Crippen LogP contribution in [0.3, 0.4) is 0 Å². The molecule has 0 heterocycles. The maximum Gasteiger partial charge on any atom is 0.0343 e. The third kappa shape index (κ3) is 3.14. The summed E-state index contributed by atoms with van der Waals surface area (Å²) in [5, 5.41) is 2.02. The largest absolute Gasteiger partial charge is 0.138 e. The second-order valence-corrected chi connectivity index (χ2v) is 2.74. The summed E-state index contributed by atoms with van der Waals surface area (Å²) in [4.78, 5) is 0. The van der Waals surface area contributed by atoms with Crippen LogP contribution in [-0.2, 0) is 0 Å². The first-order chi connectivity index (χ1) is 3.98. The molecule has 0 spiro atoms. The van der Waals surface area contributed by atoms with E-state index in [2.05, 4.69) is 0 Å². The van der Waals surface area contributed by atoms with Gasteiger partial charge >= 0.3 is 0 Å². The third-order valence-electron chi connectivity index (χ3n) is 1.08. The Morgan fingerprint density at radius 2 is 2.25 bits per heavy atom. The predicted octanol–water partition coefficient (Wildman–Crippen LogP) is 2.91. The van der Waals surface area contributed by atoms with Crippen molar-refractivity contribution in [3.8, 4) is 0 Å². The van der Waals surface area contributed by atoms with Crippen LogP contribution in [0.15, 0.2) is 11.0 Å². The molecule has 0 saturated heterocycles. The van der Waals surface area contributed by atoms with E-state index in [1.54, 1.807) is 11.8 Å². The predicted molar refractivity (Wildman–Crippen MR) is 42.1 cm³/mol. The van der Waals surface area contributed by atoms with Gasteiger partial charge in [0.25, 0.3) is 0 Å². The van der Waals surface area contributed by atoms with Crippen molar-refractivity contribution in [2.75, 3.05) is 6.26 Å². The molecule has 0 aliphatic carbocycles. The molecule has 0 radical (unpaired) electrons. The Bertz CT molecular complexity index is 111. The Hall–Kier alpha value is 0.0900. The molecule has 0 bridgehead atoms. The normalized spacial score (nSPS) is 16.0. The van der Waals surface area contributed by atoms with Crippen molar-refractivity contribution in [3.05, 3.63) is 11.0 Å². The van der Waals surface area contributed by atoms with Crippen LogP contribution >= 0.6 is 11.8 Å². The van der Waals surface area contributed by atoms with Crippen molar-refractivity contribution in [2.24, 2.45) is 5.89 Å². The molecule has 0 aromatic rings. The Balaban J connectivity index is 4.03. The van der Waals surface area contributed by atoms with Gasteiger partial charge in [0.15, 0.2) is 0 Å². The minimum atomic E-state index is -0.400. The zero-order valence-corrected chi connectivity index (χ0v) is 6.80. The molecule has 8 heavy (non-hydrogen) atoms. The highest BCUT2D eigenvalue weighted by molar-refractivity contribution is 8.01. The summed E-state index contributed by atoms with van der Waals surface area (Å²) in [6.45, 7) is 5.79. The lowest BCUT2D eigenvalue weighted by molar-refractivity contribution is 0.772. The average Bonchev–Trinajstić information content (AvgIpc) is 1.64. The first-order valence-corrected chi connectivity index (χ1v) is 3.97. The van der Waals surface area contributed by atoms with Crippen molar-refractivity contribution >= 4 is 11.8 Å². The van der Waals surface area contributed by atoms with Crippen LogP contribution in [0.5, 0.6) is 0 Å². The van der Waals surface area contributed by atoms with Crippen LogP contribution < -0.4 is 0 Å². The first kappa shape index (κ1) is 6.21. The molecule has 48 valence electrons. The number of hydrogen-bond acceptors (Lipinski definition) is 1. The van der Waals surface area contributed by atoms with Gasteiger partial charge in [-0.15, -0.1) is 11.8 Å². The zero-order valence-electron chi connectivity index (χ0n) is 6.99. The van der Waals surface area contributed by atoms with Crippen LogP contribution in [0.2, 0.25) is 0 Å². The van der Waals surface area contributed by atoms with Gasteiger partial charge in [0.05, 0.1) is 0 Å². The fraction of sp³-hybridized carbons (Fsp3) is 0.714. The van der Waals surface area contributed by atoms with E-state index < -0.39 is 5.89 Å². The van der Waals surface area contributed by atoms with Gasteiger partial charge in [0.1, 0.15) is 0 Å².